The molecule has 0 aromatic heterocycles. The molecule has 2 saturated heterocycles. The molecule has 13 heavy (non-hydrogen) atoms. The first-order valence-electron chi connectivity index (χ1n) is 5.43. The summed E-state index contributed by atoms with van der Waals surface area (Å²) in [6.07, 6.45) is 5.90. The second-order valence-corrected chi connectivity index (χ2v) is 4.43. The highest BCUT2D eigenvalue weighted by Crippen LogP contribution is 2.34. The van der Waals surface area contributed by atoms with E-state index in [-0.39, 0.29) is 0 Å². The molecule has 2 atom stereocenters. The summed E-state index contributed by atoms with van der Waals surface area (Å²) in [5.41, 5.74) is 5.97. The molecule has 2 aliphatic heterocycles. The highest BCUT2D eigenvalue weighted by Gasteiger charge is 2.38. The molecule has 0 aromatic carbocycles. The van der Waals surface area contributed by atoms with E-state index >= 15 is 0 Å². The van der Waals surface area contributed by atoms with Gasteiger partial charge >= 0.3 is 0 Å². The average Bonchev–Trinajstić information content (AvgIpc) is 2.33. The van der Waals surface area contributed by atoms with Gasteiger partial charge in [-0.2, -0.15) is 0 Å². The minimum Gasteiger partial charge on any atom is -0.396 e. The Kier molecular flexibility index (Phi) is 2.86. The summed E-state index contributed by atoms with van der Waals surface area (Å²) in [4.78, 5) is 2.57. The third-order valence-corrected chi connectivity index (χ3v) is 3.50. The van der Waals surface area contributed by atoms with E-state index in [0.717, 1.165) is 25.0 Å². The van der Waals surface area contributed by atoms with Crippen molar-refractivity contribution in [3.05, 3.63) is 0 Å². The summed E-state index contributed by atoms with van der Waals surface area (Å²) >= 11 is 0. The van der Waals surface area contributed by atoms with Crippen molar-refractivity contribution in [3.63, 3.8) is 0 Å². The Hall–Kier alpha value is -0.120. The zero-order chi connectivity index (χ0) is 9.26. The molecule has 2 fully saturated rings. The summed E-state index contributed by atoms with van der Waals surface area (Å²) in [5, 5.41) is 8.79. The minimum absolute atomic E-state index is 0.321. The topological polar surface area (TPSA) is 49.5 Å². The van der Waals surface area contributed by atoms with Crippen LogP contribution in [0.5, 0.6) is 0 Å². The van der Waals surface area contributed by atoms with E-state index in [1.807, 2.05) is 0 Å². The molecule has 3 nitrogen and oxygen atoms in total. The van der Waals surface area contributed by atoms with Crippen molar-refractivity contribution in [2.45, 2.75) is 50.2 Å². The maximum absolute atomic E-state index is 8.79. The number of aliphatic hydroxyl groups excluding tert-OH is 1. The van der Waals surface area contributed by atoms with Crippen LogP contribution in [0, 0.1) is 0 Å². The van der Waals surface area contributed by atoms with Crippen LogP contribution in [0.15, 0.2) is 0 Å². The number of fused-ring (bicyclic) bond motifs is 2. The van der Waals surface area contributed by atoms with Crippen LogP contribution in [-0.4, -0.2) is 41.3 Å². The predicted octanol–water partition coefficient (Wildman–Crippen LogP) is 0.323. The second-order valence-electron chi connectivity index (χ2n) is 4.43. The lowest BCUT2D eigenvalue weighted by Crippen LogP contribution is -2.47. The van der Waals surface area contributed by atoms with Crippen LogP contribution in [0.25, 0.3) is 0 Å². The van der Waals surface area contributed by atoms with Crippen LogP contribution in [-0.2, 0) is 0 Å². The number of hydrogen-bond donors (Lipinski definition) is 2. The second kappa shape index (κ2) is 3.95. The van der Waals surface area contributed by atoms with Crippen molar-refractivity contribution in [1.29, 1.82) is 0 Å². The molecule has 76 valence electrons. The number of hydrogen-bond acceptors (Lipinski definition) is 3. The van der Waals surface area contributed by atoms with Crippen molar-refractivity contribution in [2.24, 2.45) is 5.73 Å². The van der Waals surface area contributed by atoms with Crippen molar-refractivity contribution >= 4 is 0 Å². The molecule has 0 saturated carbocycles. The number of rotatable bonds is 3. The summed E-state index contributed by atoms with van der Waals surface area (Å²) in [7, 11) is 0. The molecule has 0 radical (unpaired) electrons. The fourth-order valence-electron chi connectivity index (χ4n) is 2.93. The fraction of sp³-hybridized carbons (Fsp3) is 1.00. The van der Waals surface area contributed by atoms with Gasteiger partial charge in [-0.15, -0.1) is 0 Å². The van der Waals surface area contributed by atoms with Gasteiger partial charge in [0.15, 0.2) is 0 Å². The Balaban J connectivity index is 1.90. The molecule has 3 heteroatoms. The van der Waals surface area contributed by atoms with Gasteiger partial charge in [0.2, 0.25) is 0 Å². The van der Waals surface area contributed by atoms with Crippen LogP contribution in [0.1, 0.15) is 32.1 Å². The summed E-state index contributed by atoms with van der Waals surface area (Å²) in [6.45, 7) is 1.39. The fourth-order valence-corrected chi connectivity index (χ4v) is 2.93. The van der Waals surface area contributed by atoms with Crippen molar-refractivity contribution in [1.82, 2.24) is 4.90 Å². The highest BCUT2D eigenvalue weighted by molar-refractivity contribution is 4.96. The number of nitrogens with two attached hydrogens (primary N) is 1. The Morgan fingerprint density at radius 1 is 1.23 bits per heavy atom. The zero-order valence-electron chi connectivity index (χ0n) is 8.15. The maximum Gasteiger partial charge on any atom is 0.0443 e. The van der Waals surface area contributed by atoms with E-state index in [9.17, 15) is 0 Å². The van der Waals surface area contributed by atoms with Crippen LogP contribution >= 0.6 is 0 Å². The van der Waals surface area contributed by atoms with Gasteiger partial charge in [-0.25, -0.2) is 0 Å². The van der Waals surface area contributed by atoms with Crippen molar-refractivity contribution < 1.29 is 5.11 Å². The highest BCUT2D eigenvalue weighted by atomic mass is 16.3. The Labute approximate surface area is 79.9 Å². The molecule has 2 rings (SSSR count). The first kappa shape index (κ1) is 9.44. The van der Waals surface area contributed by atoms with Gasteiger partial charge in [-0.3, -0.25) is 4.90 Å². The number of nitrogens with zero attached hydrogens (tertiary/aromatic N) is 1. The van der Waals surface area contributed by atoms with E-state index in [1.54, 1.807) is 0 Å². The molecule has 0 spiro atoms. The van der Waals surface area contributed by atoms with E-state index in [4.69, 9.17) is 10.8 Å². The molecule has 2 bridgehead atoms. The molecule has 2 heterocycles. The molecule has 2 aliphatic rings. The Morgan fingerprint density at radius 2 is 1.85 bits per heavy atom. The molecular formula is C10H20N2O. The van der Waals surface area contributed by atoms with Gasteiger partial charge in [0.25, 0.3) is 0 Å². The lowest BCUT2D eigenvalue weighted by molar-refractivity contribution is 0.117. The van der Waals surface area contributed by atoms with Crippen LogP contribution in [0.3, 0.4) is 0 Å². The number of aliphatic hydroxyl groups is 1. The summed E-state index contributed by atoms with van der Waals surface area (Å²) in [6, 6.07) is 1.88. The smallest absolute Gasteiger partial charge is 0.0443 e. The standard InChI is InChI=1S/C10H20N2O/c11-8-6-9-2-3-10(7-8)12(9)4-1-5-13/h8-10,13H,1-7,11H2. The van der Waals surface area contributed by atoms with Crippen LogP contribution < -0.4 is 5.73 Å². The largest absolute Gasteiger partial charge is 0.396 e. The lowest BCUT2D eigenvalue weighted by atomic mass is 9.98. The molecular weight excluding hydrogens is 164 g/mol. The van der Waals surface area contributed by atoms with Gasteiger partial charge in [-0.1, -0.05) is 0 Å². The monoisotopic (exact) mass is 184 g/mol. The van der Waals surface area contributed by atoms with Crippen molar-refractivity contribution in [2.75, 3.05) is 13.2 Å². The van der Waals surface area contributed by atoms with E-state index in [1.165, 1.54) is 25.7 Å². The van der Waals surface area contributed by atoms with Gasteiger partial charge < -0.3 is 10.8 Å². The molecule has 0 amide bonds. The third-order valence-electron chi connectivity index (χ3n) is 3.50. The number of piperidine rings is 1. The normalized spacial score (nSPS) is 39.7. The van der Waals surface area contributed by atoms with Crippen LogP contribution in [0.4, 0.5) is 0 Å². The first-order valence-corrected chi connectivity index (χ1v) is 5.43. The third kappa shape index (κ3) is 1.87. The van der Waals surface area contributed by atoms with Crippen molar-refractivity contribution in [3.8, 4) is 0 Å². The summed E-state index contributed by atoms with van der Waals surface area (Å²) < 4.78 is 0. The van der Waals surface area contributed by atoms with Crippen LogP contribution in [0.2, 0.25) is 0 Å². The maximum atomic E-state index is 8.79. The quantitative estimate of drug-likeness (QED) is 0.664. The Morgan fingerprint density at radius 3 is 2.38 bits per heavy atom. The van der Waals surface area contributed by atoms with Gasteiger partial charge in [0.1, 0.15) is 0 Å². The molecule has 0 aromatic rings. The van der Waals surface area contributed by atoms with E-state index in [0.29, 0.717) is 12.6 Å². The van der Waals surface area contributed by atoms with Gasteiger partial charge in [0, 0.05) is 31.3 Å². The predicted molar refractivity (Wildman–Crippen MR) is 52.4 cm³/mol. The lowest BCUT2D eigenvalue weighted by Gasteiger charge is -2.37. The van der Waals surface area contributed by atoms with Gasteiger partial charge in [0.05, 0.1) is 0 Å². The zero-order valence-corrected chi connectivity index (χ0v) is 8.15. The summed E-state index contributed by atoms with van der Waals surface area (Å²) in [5.74, 6) is 0. The molecule has 3 N–H and O–H groups in total. The average molecular weight is 184 g/mol. The SMILES string of the molecule is NC1CC2CCC(C1)N2CCCO. The minimum atomic E-state index is 0.321. The van der Waals surface area contributed by atoms with E-state index in [2.05, 4.69) is 4.90 Å². The molecule has 2 unspecified atom stereocenters. The van der Waals surface area contributed by atoms with Gasteiger partial charge in [-0.05, 0) is 32.1 Å². The van der Waals surface area contributed by atoms with E-state index < -0.39 is 0 Å². The first-order chi connectivity index (χ1) is 6.31. The molecule has 0 aliphatic carbocycles. The Bertz CT molecular complexity index is 160.